The zero-order valence-corrected chi connectivity index (χ0v) is 14.7. The molecule has 0 radical (unpaired) electrons. The van der Waals surface area contributed by atoms with Crippen molar-refractivity contribution in [3.8, 4) is 0 Å². The van der Waals surface area contributed by atoms with Crippen molar-refractivity contribution in [2.45, 2.75) is 18.9 Å². The molecule has 3 rings (SSSR count). The SMILES string of the molecule is CN1CCN(C(=O)CCC(=O)c2cccs2)[C@@H](c2ccccc2)C1. The molecule has 126 valence electrons. The van der Waals surface area contributed by atoms with E-state index in [4.69, 9.17) is 0 Å². The molecule has 24 heavy (non-hydrogen) atoms. The Hall–Kier alpha value is -1.98. The van der Waals surface area contributed by atoms with Gasteiger partial charge in [-0.3, -0.25) is 9.59 Å². The number of thiophene rings is 1. The molecular formula is C19H22N2O2S. The van der Waals surface area contributed by atoms with Crippen LogP contribution in [0.15, 0.2) is 47.8 Å². The molecule has 1 aromatic carbocycles. The molecule has 0 bridgehead atoms. The molecule has 1 aliphatic heterocycles. The fraction of sp³-hybridized carbons (Fsp3) is 0.368. The fourth-order valence-corrected chi connectivity index (χ4v) is 3.80. The Morgan fingerprint density at radius 1 is 1.08 bits per heavy atom. The van der Waals surface area contributed by atoms with Gasteiger partial charge in [0.2, 0.25) is 5.91 Å². The highest BCUT2D eigenvalue weighted by Gasteiger charge is 2.30. The number of benzene rings is 1. The molecule has 0 aliphatic carbocycles. The van der Waals surface area contributed by atoms with Crippen LogP contribution in [0.2, 0.25) is 0 Å². The van der Waals surface area contributed by atoms with Gasteiger partial charge in [-0.05, 0) is 24.1 Å². The van der Waals surface area contributed by atoms with Crippen LogP contribution >= 0.6 is 11.3 Å². The number of ketones is 1. The molecule has 0 N–H and O–H groups in total. The van der Waals surface area contributed by atoms with Crippen molar-refractivity contribution in [2.24, 2.45) is 0 Å². The van der Waals surface area contributed by atoms with Gasteiger partial charge in [-0.25, -0.2) is 0 Å². The van der Waals surface area contributed by atoms with Crippen LogP contribution in [-0.4, -0.2) is 48.2 Å². The summed E-state index contributed by atoms with van der Waals surface area (Å²) in [6.07, 6.45) is 0.566. The van der Waals surface area contributed by atoms with E-state index in [0.717, 1.165) is 23.5 Å². The highest BCUT2D eigenvalue weighted by molar-refractivity contribution is 7.12. The van der Waals surface area contributed by atoms with E-state index in [2.05, 4.69) is 24.1 Å². The van der Waals surface area contributed by atoms with Crippen molar-refractivity contribution in [2.75, 3.05) is 26.7 Å². The van der Waals surface area contributed by atoms with Gasteiger partial charge in [0.05, 0.1) is 10.9 Å². The van der Waals surface area contributed by atoms with Gasteiger partial charge >= 0.3 is 0 Å². The Balaban J connectivity index is 1.66. The van der Waals surface area contributed by atoms with Crippen molar-refractivity contribution < 1.29 is 9.59 Å². The maximum Gasteiger partial charge on any atom is 0.223 e. The fourth-order valence-electron chi connectivity index (χ4n) is 3.10. The number of carbonyl (C=O) groups excluding carboxylic acids is 2. The van der Waals surface area contributed by atoms with E-state index in [-0.39, 0.29) is 30.6 Å². The Kier molecular flexibility index (Phi) is 5.43. The van der Waals surface area contributed by atoms with E-state index >= 15 is 0 Å². The minimum Gasteiger partial charge on any atom is -0.333 e. The van der Waals surface area contributed by atoms with Gasteiger partial charge < -0.3 is 9.80 Å². The molecular weight excluding hydrogens is 320 g/mol. The standard InChI is InChI=1S/C19H22N2O2S/c1-20-11-12-21(16(14-20)15-6-3-2-4-7-15)19(23)10-9-17(22)18-8-5-13-24-18/h2-8,13,16H,9-12,14H2,1H3/t16-/m1/s1. The summed E-state index contributed by atoms with van der Waals surface area (Å²) in [4.78, 5) is 29.8. The topological polar surface area (TPSA) is 40.6 Å². The summed E-state index contributed by atoms with van der Waals surface area (Å²) < 4.78 is 0. The second-order valence-electron chi connectivity index (χ2n) is 6.18. The molecule has 1 aliphatic rings. The van der Waals surface area contributed by atoms with Gasteiger partial charge in [0.15, 0.2) is 5.78 Å². The molecule has 0 unspecified atom stereocenters. The molecule has 2 heterocycles. The third-order valence-electron chi connectivity index (χ3n) is 4.45. The first kappa shape index (κ1) is 16.9. The molecule has 0 saturated carbocycles. The molecule has 1 saturated heterocycles. The quantitative estimate of drug-likeness (QED) is 0.783. The van der Waals surface area contributed by atoms with Gasteiger partial charge in [-0.2, -0.15) is 0 Å². The Morgan fingerprint density at radius 3 is 2.58 bits per heavy atom. The van der Waals surface area contributed by atoms with E-state index < -0.39 is 0 Å². The van der Waals surface area contributed by atoms with Crippen LogP contribution in [0.5, 0.6) is 0 Å². The highest BCUT2D eigenvalue weighted by atomic mass is 32.1. The van der Waals surface area contributed by atoms with Crippen LogP contribution in [0, 0.1) is 0 Å². The number of rotatable bonds is 5. The molecule has 4 nitrogen and oxygen atoms in total. The van der Waals surface area contributed by atoms with Gasteiger partial charge in [0.25, 0.3) is 0 Å². The molecule has 1 fully saturated rings. The van der Waals surface area contributed by atoms with E-state index in [0.29, 0.717) is 6.54 Å². The summed E-state index contributed by atoms with van der Waals surface area (Å²) in [7, 11) is 2.08. The number of hydrogen-bond donors (Lipinski definition) is 0. The average molecular weight is 342 g/mol. The first-order valence-electron chi connectivity index (χ1n) is 8.25. The van der Waals surface area contributed by atoms with E-state index in [1.807, 2.05) is 40.6 Å². The summed E-state index contributed by atoms with van der Waals surface area (Å²) in [6, 6.07) is 13.9. The van der Waals surface area contributed by atoms with Crippen LogP contribution in [-0.2, 0) is 4.79 Å². The zero-order valence-electron chi connectivity index (χ0n) is 13.9. The summed E-state index contributed by atoms with van der Waals surface area (Å²) in [5.74, 6) is 0.130. The number of amides is 1. The molecule has 1 aromatic heterocycles. The molecule has 0 spiro atoms. The molecule has 5 heteroatoms. The van der Waals surface area contributed by atoms with Crippen molar-refractivity contribution in [3.63, 3.8) is 0 Å². The summed E-state index contributed by atoms with van der Waals surface area (Å²) in [6.45, 7) is 2.41. The minimum absolute atomic E-state index is 0.0590. The van der Waals surface area contributed by atoms with Crippen molar-refractivity contribution in [1.29, 1.82) is 0 Å². The van der Waals surface area contributed by atoms with Crippen molar-refractivity contribution in [3.05, 3.63) is 58.3 Å². The van der Waals surface area contributed by atoms with Crippen molar-refractivity contribution >= 4 is 23.0 Å². The van der Waals surface area contributed by atoms with Gasteiger partial charge in [0.1, 0.15) is 0 Å². The smallest absolute Gasteiger partial charge is 0.223 e. The monoisotopic (exact) mass is 342 g/mol. The Labute approximate surface area is 146 Å². The van der Waals surface area contributed by atoms with Crippen LogP contribution in [0.4, 0.5) is 0 Å². The van der Waals surface area contributed by atoms with Crippen LogP contribution in [0.3, 0.4) is 0 Å². The van der Waals surface area contributed by atoms with E-state index in [1.165, 1.54) is 11.3 Å². The third-order valence-corrected chi connectivity index (χ3v) is 5.36. The van der Waals surface area contributed by atoms with Crippen molar-refractivity contribution in [1.82, 2.24) is 9.80 Å². The minimum atomic E-state index is 0.0590. The number of hydrogen-bond acceptors (Lipinski definition) is 4. The number of likely N-dealkylation sites (N-methyl/N-ethyl adjacent to an activating group) is 1. The summed E-state index contributed by atoms with van der Waals surface area (Å²) in [5, 5.41) is 1.89. The second-order valence-corrected chi connectivity index (χ2v) is 7.12. The Bertz CT molecular complexity index is 685. The molecule has 1 atom stereocenters. The zero-order chi connectivity index (χ0) is 16.9. The lowest BCUT2D eigenvalue weighted by Crippen LogP contribution is -2.49. The van der Waals surface area contributed by atoms with E-state index in [9.17, 15) is 9.59 Å². The summed E-state index contributed by atoms with van der Waals surface area (Å²) >= 11 is 1.43. The van der Waals surface area contributed by atoms with Crippen LogP contribution in [0.25, 0.3) is 0 Å². The van der Waals surface area contributed by atoms with Gasteiger partial charge in [-0.1, -0.05) is 36.4 Å². The summed E-state index contributed by atoms with van der Waals surface area (Å²) in [5.41, 5.74) is 1.15. The number of piperazine rings is 1. The van der Waals surface area contributed by atoms with Crippen LogP contribution < -0.4 is 0 Å². The lowest BCUT2D eigenvalue weighted by molar-refractivity contribution is -0.136. The number of carbonyl (C=O) groups is 2. The largest absolute Gasteiger partial charge is 0.333 e. The number of nitrogens with zero attached hydrogens (tertiary/aromatic N) is 2. The second kappa shape index (κ2) is 7.73. The molecule has 1 amide bonds. The maximum absolute atomic E-state index is 12.7. The molecule has 2 aromatic rings. The third kappa shape index (κ3) is 3.91. The highest BCUT2D eigenvalue weighted by Crippen LogP contribution is 2.26. The lowest BCUT2D eigenvalue weighted by Gasteiger charge is -2.40. The lowest BCUT2D eigenvalue weighted by atomic mass is 10.0. The predicted octanol–water partition coefficient (Wildman–Crippen LogP) is 3.23. The Morgan fingerprint density at radius 2 is 1.88 bits per heavy atom. The first-order valence-corrected chi connectivity index (χ1v) is 9.13. The van der Waals surface area contributed by atoms with Crippen LogP contribution in [0.1, 0.15) is 34.1 Å². The maximum atomic E-state index is 12.7. The number of Topliss-reactive ketones (excluding diaryl/α,β-unsaturated/α-hetero) is 1. The predicted molar refractivity (Wildman–Crippen MR) is 96.3 cm³/mol. The normalized spacial score (nSPS) is 18.5. The average Bonchev–Trinajstić information content (AvgIpc) is 3.15. The van der Waals surface area contributed by atoms with E-state index in [1.54, 1.807) is 0 Å². The van der Waals surface area contributed by atoms with Gasteiger partial charge in [0, 0.05) is 32.5 Å². The first-order chi connectivity index (χ1) is 11.6. The van der Waals surface area contributed by atoms with Gasteiger partial charge in [-0.15, -0.1) is 11.3 Å².